The van der Waals surface area contributed by atoms with Gasteiger partial charge >= 0.3 is 0 Å². The summed E-state index contributed by atoms with van der Waals surface area (Å²) in [4.78, 5) is 47.0. The number of nitroso groups, excluding NO2 is 1. The first-order valence-electron chi connectivity index (χ1n) is 11.1. The Morgan fingerprint density at radius 2 is 1.82 bits per heavy atom. The molecule has 10 nitrogen and oxygen atoms in total. The van der Waals surface area contributed by atoms with E-state index in [0.29, 0.717) is 63.6 Å². The van der Waals surface area contributed by atoms with E-state index in [1.54, 1.807) is 24.4 Å². The number of aromatic nitrogens is 1. The molecule has 1 unspecified atom stereocenters. The monoisotopic (exact) mass is 453 g/mol. The smallest absolute Gasteiger partial charge is 0.273 e. The molecule has 4 rings (SSSR count). The molecular weight excluding hydrogens is 424 g/mol. The zero-order chi connectivity index (χ0) is 23.4. The van der Waals surface area contributed by atoms with Crippen LogP contribution in [0.5, 0.6) is 5.75 Å². The first-order valence-corrected chi connectivity index (χ1v) is 11.1. The number of piperazine rings is 1. The number of amides is 2. The van der Waals surface area contributed by atoms with E-state index >= 15 is 0 Å². The highest BCUT2D eigenvalue weighted by Gasteiger charge is 2.31. The van der Waals surface area contributed by atoms with Crippen molar-refractivity contribution in [1.29, 1.82) is 0 Å². The fraction of sp³-hybridized carbons (Fsp3) is 0.435. The summed E-state index contributed by atoms with van der Waals surface area (Å²) in [6.07, 6.45) is 2.27. The number of pyridine rings is 1. The Labute approximate surface area is 192 Å². The van der Waals surface area contributed by atoms with Gasteiger partial charge in [-0.15, -0.1) is 0 Å². The van der Waals surface area contributed by atoms with E-state index < -0.39 is 0 Å². The van der Waals surface area contributed by atoms with Gasteiger partial charge in [0.2, 0.25) is 11.8 Å². The average molecular weight is 454 g/mol. The molecule has 2 aliphatic rings. The van der Waals surface area contributed by atoms with Crippen molar-refractivity contribution in [2.45, 2.75) is 6.42 Å². The number of aromatic hydroxyl groups is 1. The van der Waals surface area contributed by atoms with Gasteiger partial charge in [0.1, 0.15) is 17.8 Å². The maximum atomic E-state index is 12.8. The Morgan fingerprint density at radius 3 is 2.45 bits per heavy atom. The molecular formula is C23H29N6O4+. The molecule has 3 heterocycles. The van der Waals surface area contributed by atoms with Crippen LogP contribution in [0.1, 0.15) is 6.42 Å². The van der Waals surface area contributed by atoms with Gasteiger partial charge in [-0.1, -0.05) is 0 Å². The number of hydrogen-bond acceptors (Lipinski definition) is 7. The number of rotatable bonds is 6. The minimum atomic E-state index is -0.161. The third-order valence-corrected chi connectivity index (χ3v) is 6.19. The third-order valence-electron chi connectivity index (χ3n) is 6.19. The van der Waals surface area contributed by atoms with Crippen molar-refractivity contribution >= 4 is 29.0 Å². The molecule has 0 saturated carbocycles. The average Bonchev–Trinajstić information content (AvgIpc) is 3.29. The minimum absolute atomic E-state index is 0.0639. The van der Waals surface area contributed by atoms with Crippen molar-refractivity contribution in [3.05, 3.63) is 47.5 Å². The number of carbonyl (C=O) groups excluding carboxylic acids is 2. The molecule has 0 radical (unpaired) electrons. The second-order valence-corrected chi connectivity index (χ2v) is 8.50. The van der Waals surface area contributed by atoms with Crippen molar-refractivity contribution in [1.82, 2.24) is 14.8 Å². The van der Waals surface area contributed by atoms with Gasteiger partial charge in [-0.2, -0.15) is 0 Å². The van der Waals surface area contributed by atoms with Crippen LogP contribution < -0.4 is 10.2 Å². The molecule has 10 heteroatoms. The maximum absolute atomic E-state index is 12.8. The van der Waals surface area contributed by atoms with E-state index in [1.165, 1.54) is 19.2 Å². The van der Waals surface area contributed by atoms with Crippen LogP contribution in [-0.4, -0.2) is 89.3 Å². The number of hydrogen-bond donors (Lipinski definition) is 2. The molecule has 1 aromatic carbocycles. The van der Waals surface area contributed by atoms with Crippen LogP contribution in [0.4, 0.5) is 17.2 Å². The van der Waals surface area contributed by atoms with Crippen molar-refractivity contribution in [3.63, 3.8) is 0 Å². The predicted octanol–water partition coefficient (Wildman–Crippen LogP) is 1.44. The van der Waals surface area contributed by atoms with Crippen LogP contribution in [0, 0.1) is 10.8 Å². The summed E-state index contributed by atoms with van der Waals surface area (Å²) in [5.41, 5.74) is 1.16. The van der Waals surface area contributed by atoms with Crippen LogP contribution >= 0.6 is 0 Å². The van der Waals surface area contributed by atoms with Crippen LogP contribution in [0.15, 0.2) is 42.6 Å². The lowest BCUT2D eigenvalue weighted by molar-refractivity contribution is -0.428. The zero-order valence-corrected chi connectivity index (χ0v) is 18.7. The number of nitrogens with one attached hydrogen (secondary N) is 1. The van der Waals surface area contributed by atoms with Crippen molar-refractivity contribution in [3.8, 4) is 5.75 Å². The van der Waals surface area contributed by atoms with Gasteiger partial charge in [0.05, 0.1) is 12.5 Å². The van der Waals surface area contributed by atoms with Crippen LogP contribution in [0.25, 0.3) is 0 Å². The molecule has 2 aromatic rings. The normalized spacial score (nSPS) is 18.9. The van der Waals surface area contributed by atoms with Gasteiger partial charge in [-0.3, -0.25) is 14.5 Å². The summed E-state index contributed by atoms with van der Waals surface area (Å²) in [7, 11) is 1.44. The fourth-order valence-electron chi connectivity index (χ4n) is 4.21. The Bertz CT molecular complexity index is 1000. The Morgan fingerprint density at radius 1 is 1.09 bits per heavy atom. The third kappa shape index (κ3) is 5.64. The molecule has 174 valence electrons. The zero-order valence-electron chi connectivity index (χ0n) is 18.7. The minimum Gasteiger partial charge on any atom is -0.508 e. The molecule has 2 amide bonds. The van der Waals surface area contributed by atoms with Gasteiger partial charge < -0.3 is 20.2 Å². The van der Waals surface area contributed by atoms with Gasteiger partial charge in [0.15, 0.2) is 7.05 Å². The van der Waals surface area contributed by atoms with Gasteiger partial charge in [0.25, 0.3) is 5.69 Å². The molecule has 2 fully saturated rings. The highest BCUT2D eigenvalue weighted by Crippen LogP contribution is 2.21. The second-order valence-electron chi connectivity index (χ2n) is 8.50. The van der Waals surface area contributed by atoms with E-state index in [4.69, 9.17) is 0 Å². The van der Waals surface area contributed by atoms with E-state index in [9.17, 15) is 19.6 Å². The quantitative estimate of drug-likeness (QED) is 0.503. The number of carbonyl (C=O) groups is 2. The second kappa shape index (κ2) is 9.95. The maximum Gasteiger partial charge on any atom is 0.273 e. The van der Waals surface area contributed by atoms with Crippen LogP contribution in [-0.2, 0) is 9.59 Å². The van der Waals surface area contributed by atoms with E-state index in [-0.39, 0.29) is 23.5 Å². The first-order chi connectivity index (χ1) is 15.9. The molecule has 0 aliphatic carbocycles. The van der Waals surface area contributed by atoms with Crippen molar-refractivity contribution in [2.24, 2.45) is 5.92 Å². The Kier molecular flexibility index (Phi) is 6.83. The van der Waals surface area contributed by atoms with Crippen LogP contribution in [0.3, 0.4) is 0 Å². The Hall–Kier alpha value is -3.53. The van der Waals surface area contributed by atoms with E-state index in [1.807, 2.05) is 15.9 Å². The largest absolute Gasteiger partial charge is 0.508 e. The van der Waals surface area contributed by atoms with Crippen LogP contribution in [0.2, 0.25) is 0 Å². The molecule has 2 N–H and O–H groups in total. The Balaban J connectivity index is 1.22. The molecule has 1 aromatic heterocycles. The summed E-state index contributed by atoms with van der Waals surface area (Å²) in [5, 5.41) is 12.2. The number of anilines is 2. The van der Waals surface area contributed by atoms with Crippen molar-refractivity contribution < 1.29 is 19.5 Å². The fourth-order valence-corrected chi connectivity index (χ4v) is 4.21. The predicted molar refractivity (Wildman–Crippen MR) is 124 cm³/mol. The standard InChI is InChI=1S/C23H28N6O4/c1-26(33)19-4-7-21(24-14-19)28-10-12-29(13-11-28)22(31)16-27-9-8-17(15-27)23(32)25-18-2-5-20(30)6-3-18/h2-7,14,17H,8-13,15-16H2,1H3,(H-,25,30,32)/p+1. The highest BCUT2D eigenvalue weighted by molar-refractivity contribution is 5.93. The van der Waals surface area contributed by atoms with Gasteiger partial charge in [-0.25, -0.2) is 4.98 Å². The summed E-state index contributed by atoms with van der Waals surface area (Å²) in [5.74, 6) is 0.803. The molecule has 0 spiro atoms. The number of nitrogens with zero attached hydrogens (tertiary/aromatic N) is 5. The SMILES string of the molecule is C[N+](=O)c1ccc(N2CCN(C(=O)CN3CCC(C(=O)Nc4ccc(O)cc4)C3)CC2)nc1. The van der Waals surface area contributed by atoms with Gasteiger partial charge in [0, 0.05) is 54.1 Å². The number of phenolic OH excluding ortho intramolecular Hbond substituents is 1. The lowest BCUT2D eigenvalue weighted by Crippen LogP contribution is -2.51. The van der Waals surface area contributed by atoms with E-state index in [0.717, 1.165) is 10.6 Å². The molecule has 0 bridgehead atoms. The van der Waals surface area contributed by atoms with E-state index in [2.05, 4.69) is 15.2 Å². The highest BCUT2D eigenvalue weighted by atomic mass is 16.3. The van der Waals surface area contributed by atoms with Crippen molar-refractivity contribution in [2.75, 3.05) is 63.1 Å². The lowest BCUT2D eigenvalue weighted by atomic mass is 10.1. The first kappa shape index (κ1) is 22.7. The molecule has 2 saturated heterocycles. The molecule has 33 heavy (non-hydrogen) atoms. The topological polar surface area (TPSA) is 109 Å². The summed E-state index contributed by atoms with van der Waals surface area (Å²) in [6.45, 7) is 4.17. The lowest BCUT2D eigenvalue weighted by Gasteiger charge is -2.36. The molecule has 2 aliphatic heterocycles. The number of likely N-dealkylation sites (tertiary alicyclic amines) is 1. The summed E-state index contributed by atoms with van der Waals surface area (Å²) in [6, 6.07) is 9.96. The molecule has 1 atom stereocenters. The summed E-state index contributed by atoms with van der Waals surface area (Å²) >= 11 is 0. The summed E-state index contributed by atoms with van der Waals surface area (Å²) < 4.78 is 0.771. The number of phenols is 1. The van der Waals surface area contributed by atoms with Gasteiger partial charge in [-0.05, 0) is 43.3 Å². The number of benzene rings is 1.